The molecular weight excluding hydrogens is 510 g/mol. The predicted molar refractivity (Wildman–Crippen MR) is 160 cm³/mol. The van der Waals surface area contributed by atoms with Crippen molar-refractivity contribution >= 4 is 47.0 Å². The van der Waals surface area contributed by atoms with Crippen LogP contribution in [0.15, 0.2) is 73.3 Å². The summed E-state index contributed by atoms with van der Waals surface area (Å²) in [5.74, 6) is -0.845. The first-order valence-corrected chi connectivity index (χ1v) is 13.5. The minimum atomic E-state index is -1.02. The summed E-state index contributed by atoms with van der Waals surface area (Å²) in [4.78, 5) is 41.9. The molecule has 2 N–H and O–H groups in total. The summed E-state index contributed by atoms with van der Waals surface area (Å²) in [6.07, 6.45) is 0.822. The molecule has 0 heterocycles. The fourth-order valence-corrected chi connectivity index (χ4v) is 4.71. The molecule has 0 aromatic heterocycles. The lowest BCUT2D eigenvalue weighted by Crippen LogP contribution is -2.53. The van der Waals surface area contributed by atoms with E-state index in [-0.39, 0.29) is 18.2 Å². The molecule has 0 saturated carbocycles. The number of thiol groups is 1. The van der Waals surface area contributed by atoms with Crippen LogP contribution in [0.5, 0.6) is 0 Å². The first-order valence-electron chi connectivity index (χ1n) is 12.8. The molecule has 3 rings (SSSR count). The zero-order valence-corrected chi connectivity index (χ0v) is 24.0. The van der Waals surface area contributed by atoms with Gasteiger partial charge in [-0.25, -0.2) is 4.79 Å². The third-order valence-corrected chi connectivity index (χ3v) is 6.54. The zero-order chi connectivity index (χ0) is 28.7. The minimum absolute atomic E-state index is 0.0114. The Morgan fingerprint density at radius 2 is 1.64 bits per heavy atom. The fourth-order valence-electron chi connectivity index (χ4n) is 4.46. The van der Waals surface area contributed by atoms with Crippen LogP contribution < -0.4 is 10.6 Å². The third-order valence-electron chi connectivity index (χ3n) is 6.17. The van der Waals surface area contributed by atoms with Crippen molar-refractivity contribution in [1.29, 1.82) is 0 Å². The van der Waals surface area contributed by atoms with Gasteiger partial charge in [0.15, 0.2) is 0 Å². The average Bonchev–Trinajstić information content (AvgIpc) is 2.87. The third kappa shape index (κ3) is 7.63. The van der Waals surface area contributed by atoms with Gasteiger partial charge in [0.25, 0.3) is 5.91 Å². The molecule has 0 aliphatic heterocycles. The van der Waals surface area contributed by atoms with Crippen molar-refractivity contribution in [2.75, 3.05) is 17.6 Å². The first kappa shape index (κ1) is 29.8. The van der Waals surface area contributed by atoms with Gasteiger partial charge in [0, 0.05) is 18.0 Å². The van der Waals surface area contributed by atoms with Gasteiger partial charge in [0.1, 0.15) is 17.7 Å². The Morgan fingerprint density at radius 3 is 2.23 bits per heavy atom. The van der Waals surface area contributed by atoms with E-state index in [1.54, 1.807) is 26.8 Å². The summed E-state index contributed by atoms with van der Waals surface area (Å²) in [6.45, 7) is 12.9. The van der Waals surface area contributed by atoms with Gasteiger partial charge in [-0.2, -0.15) is 12.6 Å². The summed E-state index contributed by atoms with van der Waals surface area (Å²) < 4.78 is 5.35. The molecule has 8 heteroatoms. The van der Waals surface area contributed by atoms with E-state index in [1.807, 2.05) is 74.5 Å². The molecule has 3 amide bonds. The molecule has 7 nitrogen and oxygen atoms in total. The van der Waals surface area contributed by atoms with Crippen LogP contribution in [0.1, 0.15) is 43.5 Å². The van der Waals surface area contributed by atoms with E-state index in [9.17, 15) is 14.4 Å². The number of amides is 3. The number of alkyl carbamates (subject to hydrolysis) is 1. The highest BCUT2D eigenvalue weighted by molar-refractivity contribution is 7.80. The monoisotopic (exact) mass is 547 g/mol. The number of ether oxygens (including phenoxy) is 1. The smallest absolute Gasteiger partial charge is 0.408 e. The van der Waals surface area contributed by atoms with Crippen LogP contribution in [0, 0.1) is 13.8 Å². The van der Waals surface area contributed by atoms with Crippen LogP contribution in [0.3, 0.4) is 0 Å². The number of nitrogens with zero attached hydrogens (tertiary/aromatic N) is 1. The van der Waals surface area contributed by atoms with Crippen molar-refractivity contribution in [2.45, 2.75) is 52.3 Å². The molecule has 2 unspecified atom stereocenters. The van der Waals surface area contributed by atoms with Crippen LogP contribution in [0.25, 0.3) is 10.8 Å². The van der Waals surface area contributed by atoms with Crippen LogP contribution in [-0.2, 0) is 14.3 Å². The number of nitrogens with one attached hydrogen (secondary N) is 2. The van der Waals surface area contributed by atoms with Crippen molar-refractivity contribution in [3.8, 4) is 0 Å². The maximum absolute atomic E-state index is 14.0. The number of aryl methyl sites for hydroxylation is 2. The molecule has 3 aromatic carbocycles. The minimum Gasteiger partial charge on any atom is -0.444 e. The van der Waals surface area contributed by atoms with E-state index in [1.165, 1.54) is 4.90 Å². The second kappa shape index (κ2) is 12.8. The quantitative estimate of drug-likeness (QED) is 0.227. The summed E-state index contributed by atoms with van der Waals surface area (Å²) in [5, 5.41) is 7.65. The van der Waals surface area contributed by atoms with Gasteiger partial charge in [-0.15, -0.1) is 6.58 Å². The summed E-state index contributed by atoms with van der Waals surface area (Å²) in [6, 6.07) is 17.2. The van der Waals surface area contributed by atoms with E-state index in [4.69, 9.17) is 4.74 Å². The predicted octanol–water partition coefficient (Wildman–Crippen LogP) is 5.97. The van der Waals surface area contributed by atoms with E-state index < -0.39 is 29.7 Å². The van der Waals surface area contributed by atoms with E-state index in [0.29, 0.717) is 11.3 Å². The lowest BCUT2D eigenvalue weighted by molar-refractivity contribution is -0.139. The second-order valence-electron chi connectivity index (χ2n) is 10.4. The van der Waals surface area contributed by atoms with Gasteiger partial charge in [0.05, 0.1) is 0 Å². The van der Waals surface area contributed by atoms with Crippen molar-refractivity contribution in [1.82, 2.24) is 10.2 Å². The fraction of sp³-hybridized carbons (Fsp3) is 0.323. The Hall–Kier alpha value is -3.78. The highest BCUT2D eigenvalue weighted by Crippen LogP contribution is 2.30. The van der Waals surface area contributed by atoms with Crippen molar-refractivity contribution in [3.05, 3.63) is 90.0 Å². The van der Waals surface area contributed by atoms with Crippen LogP contribution in [-0.4, -0.2) is 46.7 Å². The van der Waals surface area contributed by atoms with E-state index in [2.05, 4.69) is 29.8 Å². The Morgan fingerprint density at radius 1 is 1.00 bits per heavy atom. The number of hydrogen-bond donors (Lipinski definition) is 3. The van der Waals surface area contributed by atoms with Gasteiger partial charge >= 0.3 is 6.09 Å². The van der Waals surface area contributed by atoms with Gasteiger partial charge in [-0.1, -0.05) is 54.6 Å². The van der Waals surface area contributed by atoms with Crippen molar-refractivity contribution in [2.24, 2.45) is 0 Å². The van der Waals surface area contributed by atoms with Gasteiger partial charge < -0.3 is 20.3 Å². The van der Waals surface area contributed by atoms with Crippen LogP contribution in [0.2, 0.25) is 0 Å². The highest BCUT2D eigenvalue weighted by atomic mass is 32.1. The Kier molecular flexibility index (Phi) is 9.81. The molecule has 0 saturated heterocycles. The summed E-state index contributed by atoms with van der Waals surface area (Å²) in [7, 11) is 0. The molecule has 3 aromatic rings. The first-order chi connectivity index (χ1) is 18.4. The molecule has 0 aliphatic rings. The molecule has 2 atom stereocenters. The number of anilines is 1. The maximum Gasteiger partial charge on any atom is 0.408 e. The molecule has 0 fully saturated rings. The lowest BCUT2D eigenvalue weighted by Gasteiger charge is -2.34. The Labute approximate surface area is 236 Å². The summed E-state index contributed by atoms with van der Waals surface area (Å²) in [5.41, 5.74) is 2.30. The second-order valence-corrected chi connectivity index (χ2v) is 10.8. The topological polar surface area (TPSA) is 87.7 Å². The van der Waals surface area contributed by atoms with Crippen LogP contribution >= 0.6 is 12.6 Å². The lowest BCUT2D eigenvalue weighted by atomic mass is 9.93. The molecule has 39 heavy (non-hydrogen) atoms. The van der Waals surface area contributed by atoms with Gasteiger partial charge in [-0.3, -0.25) is 9.59 Å². The van der Waals surface area contributed by atoms with E-state index in [0.717, 1.165) is 21.9 Å². The molecule has 206 valence electrons. The number of rotatable bonds is 9. The SMILES string of the molecule is C=CCN(C(=O)C(CS)NC(=O)OC(C)(C)C)C(C(=O)Nc1ccc2ccccc2c1)c1c(C)cccc1C. The number of fused-ring (bicyclic) bond motifs is 1. The Balaban J connectivity index is 2.02. The van der Waals surface area contributed by atoms with Crippen molar-refractivity contribution < 1.29 is 19.1 Å². The molecule has 0 aliphatic carbocycles. The number of benzene rings is 3. The average molecular weight is 548 g/mol. The molecule has 0 radical (unpaired) electrons. The highest BCUT2D eigenvalue weighted by Gasteiger charge is 2.36. The summed E-state index contributed by atoms with van der Waals surface area (Å²) >= 11 is 4.32. The number of carbonyl (C=O) groups excluding carboxylic acids is 3. The molecular formula is C31H37N3O4S. The van der Waals surface area contributed by atoms with Crippen molar-refractivity contribution in [3.63, 3.8) is 0 Å². The van der Waals surface area contributed by atoms with E-state index >= 15 is 0 Å². The maximum atomic E-state index is 14.0. The molecule has 0 spiro atoms. The normalized spacial score (nSPS) is 12.8. The Bertz CT molecular complexity index is 1350. The number of carbonyl (C=O) groups is 3. The molecule has 0 bridgehead atoms. The number of hydrogen-bond acceptors (Lipinski definition) is 5. The van der Waals surface area contributed by atoms with Gasteiger partial charge in [0.2, 0.25) is 5.91 Å². The van der Waals surface area contributed by atoms with Gasteiger partial charge in [-0.05, 0) is 74.2 Å². The van der Waals surface area contributed by atoms with Crippen LogP contribution in [0.4, 0.5) is 10.5 Å². The largest absolute Gasteiger partial charge is 0.444 e. The standard InChI is InChI=1S/C31H37N3O4S/c1-7-17-34(29(36)25(19-39)33-30(37)38-31(4,5)6)27(26-20(2)11-10-12-21(26)3)28(35)32-24-16-15-22-13-8-9-14-23(22)18-24/h7-16,18,25,27,39H,1,17,19H2,2-6H3,(H,32,35)(H,33,37). The zero-order valence-electron chi connectivity index (χ0n) is 23.2.